The molecule has 4 nitrogen and oxygen atoms in total. The van der Waals surface area contributed by atoms with E-state index in [1.54, 1.807) is 0 Å². The van der Waals surface area contributed by atoms with Gasteiger partial charge in [-0.15, -0.1) is 0 Å². The van der Waals surface area contributed by atoms with Crippen LogP contribution < -0.4 is 10.2 Å². The van der Waals surface area contributed by atoms with Crippen LogP contribution in [0.2, 0.25) is 0 Å². The Kier molecular flexibility index (Phi) is 2.46. The van der Waals surface area contributed by atoms with Gasteiger partial charge in [-0.05, 0) is 24.5 Å². The maximum atomic E-state index is 4.63. The van der Waals surface area contributed by atoms with E-state index in [1.165, 1.54) is 17.5 Å². The van der Waals surface area contributed by atoms with Crippen molar-refractivity contribution in [2.24, 2.45) is 0 Å². The summed E-state index contributed by atoms with van der Waals surface area (Å²) in [6.07, 6.45) is 1.22. The zero-order chi connectivity index (χ0) is 13.7. The lowest BCUT2D eigenvalue weighted by molar-refractivity contribution is 0.728. The largest absolute Gasteiger partial charge is 0.357 e. The molecule has 0 radical (unpaired) electrons. The van der Waals surface area contributed by atoms with Crippen LogP contribution in [0.1, 0.15) is 35.2 Å². The van der Waals surface area contributed by atoms with Crippen molar-refractivity contribution >= 4 is 11.8 Å². The Morgan fingerprint density at radius 2 is 2.00 bits per heavy atom. The van der Waals surface area contributed by atoms with E-state index in [4.69, 9.17) is 0 Å². The van der Waals surface area contributed by atoms with Gasteiger partial charge >= 0.3 is 0 Å². The Labute approximate surface area is 118 Å². The van der Waals surface area contributed by atoms with Crippen LogP contribution in [0.25, 0.3) is 0 Å². The van der Waals surface area contributed by atoms with Crippen LogP contribution in [0, 0.1) is 6.92 Å². The molecule has 1 aromatic heterocycles. The van der Waals surface area contributed by atoms with Gasteiger partial charge in [0.25, 0.3) is 0 Å². The minimum absolute atomic E-state index is 0.482. The summed E-state index contributed by atoms with van der Waals surface area (Å²) < 4.78 is 0. The van der Waals surface area contributed by atoms with Gasteiger partial charge in [0.05, 0.1) is 6.04 Å². The summed E-state index contributed by atoms with van der Waals surface area (Å²) in [7, 11) is 1.87. The molecule has 20 heavy (non-hydrogen) atoms. The van der Waals surface area contributed by atoms with Crippen LogP contribution in [0.4, 0.5) is 11.8 Å². The van der Waals surface area contributed by atoms with Gasteiger partial charge in [-0.3, -0.25) is 0 Å². The second-order valence-corrected chi connectivity index (χ2v) is 5.67. The third-order valence-corrected chi connectivity index (χ3v) is 4.45. The molecule has 1 aliphatic carbocycles. The Morgan fingerprint density at radius 3 is 2.80 bits per heavy atom. The molecule has 4 rings (SSSR count). The van der Waals surface area contributed by atoms with Crippen LogP contribution in [-0.4, -0.2) is 23.6 Å². The van der Waals surface area contributed by atoms with E-state index in [1.807, 2.05) is 14.0 Å². The predicted molar refractivity (Wildman–Crippen MR) is 80.2 cm³/mol. The van der Waals surface area contributed by atoms with Gasteiger partial charge in [-0.1, -0.05) is 24.3 Å². The molecule has 0 spiro atoms. The fourth-order valence-electron chi connectivity index (χ4n) is 3.61. The monoisotopic (exact) mass is 266 g/mol. The molecule has 2 aromatic rings. The van der Waals surface area contributed by atoms with Gasteiger partial charge in [0.2, 0.25) is 5.95 Å². The lowest BCUT2D eigenvalue weighted by Crippen LogP contribution is -2.28. The Morgan fingerprint density at radius 1 is 1.20 bits per heavy atom. The molecule has 1 fully saturated rings. The van der Waals surface area contributed by atoms with E-state index in [0.29, 0.717) is 17.9 Å². The number of nitrogens with one attached hydrogen (secondary N) is 1. The number of nitrogens with zero attached hydrogens (tertiary/aromatic N) is 3. The molecule has 1 saturated heterocycles. The Hall–Kier alpha value is -2.10. The summed E-state index contributed by atoms with van der Waals surface area (Å²) >= 11 is 0. The first-order chi connectivity index (χ1) is 9.76. The third-order valence-electron chi connectivity index (χ3n) is 4.45. The first kappa shape index (κ1) is 11.7. The molecule has 1 aromatic carbocycles. The maximum absolute atomic E-state index is 4.63. The zero-order valence-corrected chi connectivity index (χ0v) is 11.8. The van der Waals surface area contributed by atoms with E-state index in [0.717, 1.165) is 18.1 Å². The van der Waals surface area contributed by atoms with Crippen LogP contribution >= 0.6 is 0 Å². The number of hydrogen-bond donors (Lipinski definition) is 1. The fraction of sp³-hybridized carbons (Fsp3) is 0.375. The molecule has 4 heteroatoms. The molecule has 2 heterocycles. The molecule has 2 aliphatic rings. The Bertz CT molecular complexity index is 667. The Balaban J connectivity index is 1.75. The minimum atomic E-state index is 0.482. The van der Waals surface area contributed by atoms with Crippen LogP contribution in [0.15, 0.2) is 30.3 Å². The quantitative estimate of drug-likeness (QED) is 0.907. The highest BCUT2D eigenvalue weighted by atomic mass is 15.3. The van der Waals surface area contributed by atoms with Crippen LogP contribution in [0.3, 0.4) is 0 Å². The molecule has 0 unspecified atom stereocenters. The molecule has 2 bridgehead atoms. The van der Waals surface area contributed by atoms with Crippen LogP contribution in [-0.2, 0) is 0 Å². The van der Waals surface area contributed by atoms with Crippen molar-refractivity contribution < 1.29 is 0 Å². The summed E-state index contributed by atoms with van der Waals surface area (Å²) in [4.78, 5) is 11.4. The molecule has 0 amide bonds. The lowest BCUT2D eigenvalue weighted by atomic mass is 9.99. The van der Waals surface area contributed by atoms with E-state index in [2.05, 4.69) is 50.5 Å². The summed E-state index contributed by atoms with van der Waals surface area (Å²) in [6, 6.07) is 11.4. The van der Waals surface area contributed by atoms with Gasteiger partial charge in [0, 0.05) is 31.3 Å². The van der Waals surface area contributed by atoms with Crippen molar-refractivity contribution in [1.29, 1.82) is 0 Å². The van der Waals surface area contributed by atoms with Crippen molar-refractivity contribution in [2.75, 3.05) is 23.8 Å². The predicted octanol–water partition coefficient (Wildman–Crippen LogP) is 2.88. The first-order valence-corrected chi connectivity index (χ1v) is 7.15. The number of aryl methyl sites for hydroxylation is 1. The minimum Gasteiger partial charge on any atom is -0.357 e. The smallest absolute Gasteiger partial charge is 0.224 e. The average molecular weight is 266 g/mol. The van der Waals surface area contributed by atoms with E-state index in [9.17, 15) is 0 Å². The van der Waals surface area contributed by atoms with Gasteiger partial charge in [0.15, 0.2) is 0 Å². The number of aromatic nitrogens is 2. The van der Waals surface area contributed by atoms with Gasteiger partial charge in [-0.25, -0.2) is 4.98 Å². The van der Waals surface area contributed by atoms with E-state index >= 15 is 0 Å². The molecular weight excluding hydrogens is 248 g/mol. The second kappa shape index (κ2) is 4.20. The molecule has 102 valence electrons. The molecular formula is C16H18N4. The zero-order valence-electron chi connectivity index (χ0n) is 11.8. The van der Waals surface area contributed by atoms with Crippen molar-refractivity contribution in [3.63, 3.8) is 0 Å². The summed E-state index contributed by atoms with van der Waals surface area (Å²) in [5.41, 5.74) is 4.02. The highest BCUT2D eigenvalue weighted by Gasteiger charge is 2.42. The third kappa shape index (κ3) is 1.60. The van der Waals surface area contributed by atoms with E-state index < -0.39 is 0 Å². The van der Waals surface area contributed by atoms with Crippen molar-refractivity contribution in [2.45, 2.75) is 25.3 Å². The number of benzene rings is 1. The van der Waals surface area contributed by atoms with Gasteiger partial charge in [-0.2, -0.15) is 4.98 Å². The second-order valence-electron chi connectivity index (χ2n) is 5.67. The van der Waals surface area contributed by atoms with Crippen molar-refractivity contribution in [1.82, 2.24) is 9.97 Å². The molecule has 0 saturated carbocycles. The summed E-state index contributed by atoms with van der Waals surface area (Å²) in [6.45, 7) is 3.09. The summed E-state index contributed by atoms with van der Waals surface area (Å²) in [5.74, 6) is 2.41. The van der Waals surface area contributed by atoms with Crippen LogP contribution in [0.5, 0.6) is 0 Å². The number of anilines is 2. The topological polar surface area (TPSA) is 41.1 Å². The maximum Gasteiger partial charge on any atom is 0.224 e. The lowest BCUT2D eigenvalue weighted by Gasteiger charge is -2.30. The molecule has 2 atom stereocenters. The summed E-state index contributed by atoms with van der Waals surface area (Å²) in [5, 5.41) is 3.05. The highest BCUT2D eigenvalue weighted by molar-refractivity contribution is 5.55. The highest BCUT2D eigenvalue weighted by Crippen LogP contribution is 2.51. The normalized spacial score (nSPS) is 23.0. The molecule has 1 aliphatic heterocycles. The molecule has 1 N–H and O–H groups in total. The van der Waals surface area contributed by atoms with E-state index in [-0.39, 0.29) is 0 Å². The SMILES string of the molecule is CNc1nc(C)cc(N2C[C@H]3C[C@H]2c2ccccc23)n1. The number of fused-ring (bicyclic) bond motifs is 5. The average Bonchev–Trinajstić information content (AvgIpc) is 3.06. The number of hydrogen-bond acceptors (Lipinski definition) is 4. The first-order valence-electron chi connectivity index (χ1n) is 7.15. The number of rotatable bonds is 2. The fourth-order valence-corrected chi connectivity index (χ4v) is 3.61. The van der Waals surface area contributed by atoms with Crippen molar-refractivity contribution in [3.05, 3.63) is 47.2 Å². The van der Waals surface area contributed by atoms with Crippen molar-refractivity contribution in [3.8, 4) is 0 Å². The van der Waals surface area contributed by atoms with Gasteiger partial charge in [0.1, 0.15) is 5.82 Å². The standard InChI is InChI=1S/C16H18N4/c1-10-7-15(19-16(17-2)18-10)20-9-11-8-14(20)13-6-4-3-5-12(11)13/h3-7,11,14H,8-9H2,1-2H3,(H,17,18,19)/t11-,14+/m1/s1. The van der Waals surface area contributed by atoms with Gasteiger partial charge < -0.3 is 10.2 Å².